The fourth-order valence-electron chi connectivity index (χ4n) is 2.76. The van der Waals surface area contributed by atoms with E-state index in [1.54, 1.807) is 0 Å². The molecule has 2 heteroatoms. The van der Waals surface area contributed by atoms with Crippen molar-refractivity contribution in [2.24, 2.45) is 5.73 Å². The third-order valence-corrected chi connectivity index (χ3v) is 3.97. The highest BCUT2D eigenvalue weighted by Gasteiger charge is 2.29. The van der Waals surface area contributed by atoms with Gasteiger partial charge in [-0.2, -0.15) is 0 Å². The standard InChI is InChI=1S/C17H19NO/c1-12(13-7-3-2-4-8-13)17-11-15(18)14-9-5-6-10-16(14)19-17/h2-10,12,15,17H,11,18H2,1H3/t12?,15-,17?/m1/s1. The van der Waals surface area contributed by atoms with Crippen LogP contribution in [0.3, 0.4) is 0 Å². The second-order valence-electron chi connectivity index (χ2n) is 5.24. The second kappa shape index (κ2) is 5.06. The van der Waals surface area contributed by atoms with Gasteiger partial charge in [0.1, 0.15) is 11.9 Å². The van der Waals surface area contributed by atoms with Gasteiger partial charge in [-0.15, -0.1) is 0 Å². The van der Waals surface area contributed by atoms with Gasteiger partial charge in [-0.25, -0.2) is 0 Å². The van der Waals surface area contributed by atoms with Crippen molar-refractivity contribution >= 4 is 0 Å². The van der Waals surface area contributed by atoms with Gasteiger partial charge in [-0.3, -0.25) is 0 Å². The van der Waals surface area contributed by atoms with Gasteiger partial charge in [-0.05, 0) is 11.6 Å². The zero-order valence-corrected chi connectivity index (χ0v) is 11.1. The van der Waals surface area contributed by atoms with Gasteiger partial charge in [0.2, 0.25) is 0 Å². The van der Waals surface area contributed by atoms with Gasteiger partial charge in [0.15, 0.2) is 0 Å². The molecule has 3 rings (SSSR count). The average molecular weight is 253 g/mol. The van der Waals surface area contributed by atoms with Crippen LogP contribution in [0.2, 0.25) is 0 Å². The van der Waals surface area contributed by atoms with E-state index in [2.05, 4.69) is 37.3 Å². The molecule has 3 atom stereocenters. The van der Waals surface area contributed by atoms with Crippen molar-refractivity contribution in [2.45, 2.75) is 31.4 Å². The molecule has 0 saturated heterocycles. The molecule has 2 aromatic rings. The predicted molar refractivity (Wildman–Crippen MR) is 77.3 cm³/mol. The molecule has 0 aromatic heterocycles. The molecule has 0 spiro atoms. The van der Waals surface area contributed by atoms with Crippen LogP contribution in [-0.4, -0.2) is 6.10 Å². The van der Waals surface area contributed by atoms with Crippen LogP contribution in [0.1, 0.15) is 36.4 Å². The van der Waals surface area contributed by atoms with Crippen LogP contribution in [0.4, 0.5) is 0 Å². The van der Waals surface area contributed by atoms with Gasteiger partial charge >= 0.3 is 0 Å². The highest BCUT2D eigenvalue weighted by atomic mass is 16.5. The summed E-state index contributed by atoms with van der Waals surface area (Å²) in [6.45, 7) is 2.21. The molecule has 1 aliphatic heterocycles. The fraction of sp³-hybridized carbons (Fsp3) is 0.294. The van der Waals surface area contributed by atoms with Crippen molar-refractivity contribution in [3.63, 3.8) is 0 Å². The molecule has 1 aliphatic rings. The van der Waals surface area contributed by atoms with Crippen LogP contribution in [0, 0.1) is 0 Å². The zero-order chi connectivity index (χ0) is 13.2. The molecule has 0 bridgehead atoms. The summed E-state index contributed by atoms with van der Waals surface area (Å²) in [5.41, 5.74) is 8.70. The van der Waals surface area contributed by atoms with Crippen molar-refractivity contribution in [2.75, 3.05) is 0 Å². The number of para-hydroxylation sites is 1. The first-order chi connectivity index (χ1) is 9.25. The molecule has 0 fully saturated rings. The van der Waals surface area contributed by atoms with Crippen molar-refractivity contribution in [1.29, 1.82) is 0 Å². The maximum absolute atomic E-state index is 6.27. The molecule has 0 aliphatic carbocycles. The zero-order valence-electron chi connectivity index (χ0n) is 11.1. The van der Waals surface area contributed by atoms with Crippen LogP contribution in [0.5, 0.6) is 5.75 Å². The van der Waals surface area contributed by atoms with Crippen LogP contribution >= 0.6 is 0 Å². The quantitative estimate of drug-likeness (QED) is 0.886. The number of hydrogen-bond acceptors (Lipinski definition) is 2. The number of hydrogen-bond donors (Lipinski definition) is 1. The molecular formula is C17H19NO. The summed E-state index contributed by atoms with van der Waals surface area (Å²) in [5, 5.41) is 0. The van der Waals surface area contributed by atoms with Crippen molar-refractivity contribution in [3.05, 3.63) is 65.7 Å². The highest BCUT2D eigenvalue weighted by Crippen LogP contribution is 2.37. The topological polar surface area (TPSA) is 35.2 Å². The van der Waals surface area contributed by atoms with Crippen LogP contribution in [-0.2, 0) is 0 Å². The number of ether oxygens (including phenoxy) is 1. The Bertz CT molecular complexity index is 552. The Morgan fingerprint density at radius 2 is 1.74 bits per heavy atom. The minimum absolute atomic E-state index is 0.0705. The first-order valence-electron chi connectivity index (χ1n) is 6.82. The largest absolute Gasteiger partial charge is 0.489 e. The summed E-state index contributed by atoms with van der Waals surface area (Å²) in [5.74, 6) is 1.29. The molecule has 98 valence electrons. The molecule has 0 saturated carbocycles. The van der Waals surface area contributed by atoms with E-state index >= 15 is 0 Å². The number of nitrogens with two attached hydrogens (primary N) is 1. The van der Waals surface area contributed by atoms with Gasteiger partial charge < -0.3 is 10.5 Å². The lowest BCUT2D eigenvalue weighted by atomic mass is 9.87. The molecule has 19 heavy (non-hydrogen) atoms. The van der Waals surface area contributed by atoms with E-state index in [1.165, 1.54) is 5.56 Å². The van der Waals surface area contributed by atoms with Gasteiger partial charge in [-0.1, -0.05) is 55.5 Å². The van der Waals surface area contributed by atoms with Crippen LogP contribution in [0.25, 0.3) is 0 Å². The number of benzene rings is 2. The van der Waals surface area contributed by atoms with Crippen LogP contribution in [0.15, 0.2) is 54.6 Å². The van der Waals surface area contributed by atoms with E-state index < -0.39 is 0 Å². The first-order valence-corrected chi connectivity index (χ1v) is 6.82. The van der Waals surface area contributed by atoms with Crippen molar-refractivity contribution < 1.29 is 4.74 Å². The normalized spacial score (nSPS) is 23.3. The molecule has 0 amide bonds. The Balaban J connectivity index is 1.85. The van der Waals surface area contributed by atoms with Gasteiger partial charge in [0.25, 0.3) is 0 Å². The van der Waals surface area contributed by atoms with Crippen molar-refractivity contribution in [3.8, 4) is 5.75 Å². The molecule has 2 unspecified atom stereocenters. The third kappa shape index (κ3) is 2.36. The van der Waals surface area contributed by atoms with E-state index in [-0.39, 0.29) is 12.1 Å². The Morgan fingerprint density at radius 1 is 1.05 bits per heavy atom. The summed E-state index contributed by atoms with van der Waals surface area (Å²) >= 11 is 0. The first kappa shape index (κ1) is 12.2. The summed E-state index contributed by atoms with van der Waals surface area (Å²) in [6.07, 6.45) is 1.01. The van der Waals surface area contributed by atoms with Crippen LogP contribution < -0.4 is 10.5 Å². The molecule has 0 radical (unpaired) electrons. The molecule has 2 nitrogen and oxygen atoms in total. The average Bonchev–Trinajstić information content (AvgIpc) is 2.47. The predicted octanol–water partition coefficient (Wildman–Crippen LogP) is 3.64. The lowest BCUT2D eigenvalue weighted by Crippen LogP contribution is -2.33. The van der Waals surface area contributed by atoms with Gasteiger partial charge in [0, 0.05) is 23.9 Å². The van der Waals surface area contributed by atoms with Gasteiger partial charge in [0.05, 0.1) is 0 Å². The third-order valence-electron chi connectivity index (χ3n) is 3.97. The minimum Gasteiger partial charge on any atom is -0.489 e. The summed E-state index contributed by atoms with van der Waals surface area (Å²) in [7, 11) is 0. The Hall–Kier alpha value is -1.80. The highest BCUT2D eigenvalue weighted by molar-refractivity contribution is 5.38. The molecular weight excluding hydrogens is 234 g/mol. The molecule has 1 heterocycles. The van der Waals surface area contributed by atoms with E-state index in [0.29, 0.717) is 5.92 Å². The SMILES string of the molecule is CC(c1ccccc1)C1C[C@@H](N)c2ccccc2O1. The second-order valence-corrected chi connectivity index (χ2v) is 5.24. The number of rotatable bonds is 2. The van der Waals surface area contributed by atoms with Crippen molar-refractivity contribution in [1.82, 2.24) is 0 Å². The Morgan fingerprint density at radius 3 is 2.53 bits per heavy atom. The smallest absolute Gasteiger partial charge is 0.124 e. The lowest BCUT2D eigenvalue weighted by molar-refractivity contribution is 0.136. The van der Waals surface area contributed by atoms with E-state index in [9.17, 15) is 0 Å². The maximum atomic E-state index is 6.27. The summed E-state index contributed by atoms with van der Waals surface area (Å²) in [6, 6.07) is 18.7. The Kier molecular flexibility index (Phi) is 3.26. The lowest BCUT2D eigenvalue weighted by Gasteiger charge is -2.34. The van der Waals surface area contributed by atoms with E-state index in [1.807, 2.05) is 24.3 Å². The monoisotopic (exact) mass is 253 g/mol. The molecule has 2 N–H and O–H groups in total. The fourth-order valence-corrected chi connectivity index (χ4v) is 2.76. The Labute approximate surface area is 114 Å². The molecule has 2 aromatic carbocycles. The maximum Gasteiger partial charge on any atom is 0.124 e. The minimum atomic E-state index is 0.0705. The summed E-state index contributed by atoms with van der Waals surface area (Å²) < 4.78 is 6.14. The van der Waals surface area contributed by atoms with E-state index in [0.717, 1.165) is 17.7 Å². The summed E-state index contributed by atoms with van der Waals surface area (Å²) in [4.78, 5) is 0. The number of fused-ring (bicyclic) bond motifs is 1. The van der Waals surface area contributed by atoms with E-state index in [4.69, 9.17) is 10.5 Å².